The molecule has 0 amide bonds. The molecule has 0 spiro atoms. The standard InChI is InChI=1S/C12H12/c1-2-5(1)9-11-7(1)3-4-6(3)10(11)12(9)8(2)4/h1-12H. The van der Waals surface area contributed by atoms with Crippen molar-refractivity contribution >= 4 is 0 Å². The average molecular weight is 156 g/mol. The maximum atomic E-state index is 1.33. The summed E-state index contributed by atoms with van der Waals surface area (Å²) in [7, 11) is 0. The molecule has 0 aromatic heterocycles. The van der Waals surface area contributed by atoms with Crippen LogP contribution >= 0.6 is 0 Å². The Morgan fingerprint density at radius 1 is 0.167 bits per heavy atom. The summed E-state index contributed by atoms with van der Waals surface area (Å²) < 4.78 is 0. The van der Waals surface area contributed by atoms with Crippen LogP contribution in [0.15, 0.2) is 0 Å². The minimum absolute atomic E-state index is 1.33. The minimum Gasteiger partial charge on any atom is -0.0312 e. The third-order valence-electron chi connectivity index (χ3n) is 7.72. The van der Waals surface area contributed by atoms with Crippen LogP contribution in [0, 0.1) is 71.0 Å². The van der Waals surface area contributed by atoms with Crippen LogP contribution in [-0.4, -0.2) is 0 Å². The predicted molar refractivity (Wildman–Crippen MR) is 41.9 cm³/mol. The number of hydrogen-bond acceptors (Lipinski definition) is 0. The van der Waals surface area contributed by atoms with Crippen molar-refractivity contribution in [2.75, 3.05) is 0 Å². The molecule has 7 saturated carbocycles. The first-order valence-corrected chi connectivity index (χ1v) is 6.00. The zero-order valence-electron chi connectivity index (χ0n) is 6.93. The van der Waals surface area contributed by atoms with Gasteiger partial charge in [0.2, 0.25) is 0 Å². The smallest absolute Gasteiger partial charge is 0.0312 e. The van der Waals surface area contributed by atoms with Gasteiger partial charge < -0.3 is 0 Å². The summed E-state index contributed by atoms with van der Waals surface area (Å²) in [5, 5.41) is 0. The lowest BCUT2D eigenvalue weighted by atomic mass is 9.60. The van der Waals surface area contributed by atoms with Crippen LogP contribution in [0.4, 0.5) is 0 Å². The maximum Gasteiger partial charge on any atom is -0.0312 e. The quantitative estimate of drug-likeness (QED) is 0.498. The lowest BCUT2D eigenvalue weighted by Gasteiger charge is -2.44. The van der Waals surface area contributed by atoms with E-state index >= 15 is 0 Å². The van der Waals surface area contributed by atoms with Gasteiger partial charge in [0.1, 0.15) is 0 Å². The van der Waals surface area contributed by atoms with Crippen molar-refractivity contribution < 1.29 is 0 Å². The van der Waals surface area contributed by atoms with Gasteiger partial charge in [0.05, 0.1) is 0 Å². The van der Waals surface area contributed by atoms with E-state index in [1.54, 1.807) is 0 Å². The number of rotatable bonds is 0. The summed E-state index contributed by atoms with van der Waals surface area (Å²) in [6, 6.07) is 0. The van der Waals surface area contributed by atoms with Gasteiger partial charge in [-0.15, -0.1) is 0 Å². The maximum absolute atomic E-state index is 1.33. The van der Waals surface area contributed by atoms with E-state index in [1.807, 2.05) is 0 Å². The summed E-state index contributed by atoms with van der Waals surface area (Å²) in [4.78, 5) is 0. The molecule has 0 aromatic rings. The van der Waals surface area contributed by atoms with Gasteiger partial charge in [0.15, 0.2) is 0 Å². The van der Waals surface area contributed by atoms with Crippen LogP contribution in [0.1, 0.15) is 0 Å². The van der Waals surface area contributed by atoms with E-state index in [0.717, 1.165) is 0 Å². The fourth-order valence-corrected chi connectivity index (χ4v) is 8.32. The van der Waals surface area contributed by atoms with Gasteiger partial charge in [-0.25, -0.2) is 0 Å². The molecule has 0 aliphatic heterocycles. The summed E-state index contributed by atoms with van der Waals surface area (Å²) in [5.74, 6) is 16.0. The molecule has 7 aliphatic rings. The molecule has 7 fully saturated rings. The van der Waals surface area contributed by atoms with E-state index in [-0.39, 0.29) is 0 Å². The first-order chi connectivity index (χ1) is 6.00. The van der Waals surface area contributed by atoms with Gasteiger partial charge in [-0.1, -0.05) is 0 Å². The Kier molecular flexibility index (Phi) is 0.317. The molecule has 7 aliphatic carbocycles. The topological polar surface area (TPSA) is 0 Å². The first kappa shape index (κ1) is 4.48. The van der Waals surface area contributed by atoms with Gasteiger partial charge in [-0.2, -0.15) is 0 Å². The van der Waals surface area contributed by atoms with Gasteiger partial charge >= 0.3 is 0 Å². The molecule has 12 heavy (non-hydrogen) atoms. The van der Waals surface area contributed by atoms with E-state index in [2.05, 4.69) is 0 Å². The highest BCUT2D eigenvalue weighted by atomic mass is 15.0. The number of fused-ring (bicyclic) bond motifs is 6. The van der Waals surface area contributed by atoms with Crippen LogP contribution in [0.5, 0.6) is 0 Å². The molecule has 60 valence electrons. The Balaban J connectivity index is 1.80. The van der Waals surface area contributed by atoms with Crippen LogP contribution in [0.3, 0.4) is 0 Å². The van der Waals surface area contributed by atoms with E-state index in [9.17, 15) is 0 Å². The molecule has 0 N–H and O–H groups in total. The second-order valence-corrected chi connectivity index (χ2v) is 6.93. The van der Waals surface area contributed by atoms with Crippen molar-refractivity contribution in [3.8, 4) is 0 Å². The summed E-state index contributed by atoms with van der Waals surface area (Å²) in [5.41, 5.74) is 0. The Labute approximate surface area is 71.7 Å². The van der Waals surface area contributed by atoms with Crippen LogP contribution < -0.4 is 0 Å². The highest BCUT2D eigenvalue weighted by Crippen LogP contribution is 3.01. The average Bonchev–Trinajstić information content (AvgIpc) is 2.73. The third-order valence-corrected chi connectivity index (χ3v) is 7.72. The molecule has 0 atom stereocenters. The van der Waals surface area contributed by atoms with Crippen molar-refractivity contribution in [3.05, 3.63) is 0 Å². The van der Waals surface area contributed by atoms with Crippen LogP contribution in [-0.2, 0) is 0 Å². The lowest BCUT2D eigenvalue weighted by molar-refractivity contribution is 0.0202. The van der Waals surface area contributed by atoms with Gasteiger partial charge in [0.25, 0.3) is 0 Å². The van der Waals surface area contributed by atoms with Gasteiger partial charge in [-0.05, 0) is 71.0 Å². The molecular weight excluding hydrogens is 144 g/mol. The highest BCUT2D eigenvalue weighted by molar-refractivity contribution is 5.44. The van der Waals surface area contributed by atoms with Gasteiger partial charge in [-0.3, -0.25) is 0 Å². The zero-order valence-corrected chi connectivity index (χ0v) is 6.93. The third kappa shape index (κ3) is 0.175. The molecule has 0 bridgehead atoms. The molecule has 0 radical (unpaired) electrons. The van der Waals surface area contributed by atoms with Crippen molar-refractivity contribution in [2.24, 2.45) is 71.0 Å². The van der Waals surface area contributed by atoms with E-state index in [1.165, 1.54) is 71.0 Å². The molecule has 0 saturated heterocycles. The fraction of sp³-hybridized carbons (Fsp3) is 1.00. The highest BCUT2D eigenvalue weighted by Gasteiger charge is 2.98. The first-order valence-electron chi connectivity index (χ1n) is 6.00. The SMILES string of the molecule is C12C3C1C1C4C5C4C3C3C2C1C53. The van der Waals surface area contributed by atoms with Gasteiger partial charge in [0, 0.05) is 0 Å². The van der Waals surface area contributed by atoms with Crippen molar-refractivity contribution in [1.29, 1.82) is 0 Å². The summed E-state index contributed by atoms with van der Waals surface area (Å²) in [6.45, 7) is 0. The monoisotopic (exact) mass is 156 g/mol. The Hall–Kier alpha value is 0. The molecule has 0 heteroatoms. The van der Waals surface area contributed by atoms with E-state index in [4.69, 9.17) is 0 Å². The molecular formula is C12H12. The molecule has 0 nitrogen and oxygen atoms in total. The largest absolute Gasteiger partial charge is 0.0312 e. The fourth-order valence-electron chi connectivity index (χ4n) is 8.32. The van der Waals surface area contributed by atoms with Crippen molar-refractivity contribution in [1.82, 2.24) is 0 Å². The second-order valence-electron chi connectivity index (χ2n) is 6.93. The zero-order chi connectivity index (χ0) is 6.93. The van der Waals surface area contributed by atoms with E-state index < -0.39 is 0 Å². The van der Waals surface area contributed by atoms with Crippen LogP contribution in [0.2, 0.25) is 0 Å². The molecule has 0 heterocycles. The van der Waals surface area contributed by atoms with E-state index in [0.29, 0.717) is 0 Å². The Bertz CT molecular complexity index is 304. The Morgan fingerprint density at radius 2 is 0.250 bits per heavy atom. The summed E-state index contributed by atoms with van der Waals surface area (Å²) >= 11 is 0. The van der Waals surface area contributed by atoms with Crippen LogP contribution in [0.25, 0.3) is 0 Å². The van der Waals surface area contributed by atoms with Crippen molar-refractivity contribution in [3.63, 3.8) is 0 Å². The second kappa shape index (κ2) is 0.849. The minimum atomic E-state index is 1.33. The van der Waals surface area contributed by atoms with Crippen molar-refractivity contribution in [2.45, 2.75) is 0 Å². The number of hydrogen-bond donors (Lipinski definition) is 0. The predicted octanol–water partition coefficient (Wildman–Crippen LogP) is 1.48. The molecule has 0 aromatic carbocycles. The Morgan fingerprint density at radius 3 is 0.333 bits per heavy atom. The summed E-state index contributed by atoms with van der Waals surface area (Å²) in [6.07, 6.45) is 0. The normalized spacial score (nSPS) is 108. The molecule has 7 rings (SSSR count). The lowest BCUT2D eigenvalue weighted by Crippen LogP contribution is -2.41. The molecule has 0 unspecified atom stereocenters.